The lowest BCUT2D eigenvalue weighted by atomic mass is 9.87. The minimum Gasteiger partial charge on any atom is -0.195 e. The average Bonchev–Trinajstić information content (AvgIpc) is 2.02. The minimum absolute atomic E-state index is 0.0810. The number of allylic oxidation sites excluding steroid dienone is 1. The van der Waals surface area contributed by atoms with Crippen LogP contribution >= 0.6 is 0 Å². The van der Waals surface area contributed by atoms with E-state index in [4.69, 9.17) is 0 Å². The van der Waals surface area contributed by atoms with Crippen LogP contribution in [0.3, 0.4) is 0 Å². The molecule has 0 amide bonds. The Kier molecular flexibility index (Phi) is 3.58. The van der Waals surface area contributed by atoms with Crippen LogP contribution in [-0.2, 0) is 10.2 Å². The van der Waals surface area contributed by atoms with E-state index < -0.39 is 22.1 Å². The van der Waals surface area contributed by atoms with Crippen LogP contribution in [-0.4, -0.2) is 14.2 Å². The lowest BCUT2D eigenvalue weighted by molar-refractivity contribution is 0.369. The largest absolute Gasteiger partial charge is 0.302 e. The summed E-state index contributed by atoms with van der Waals surface area (Å²) in [4.78, 5) is 0. The van der Waals surface area contributed by atoms with Gasteiger partial charge in [-0.3, -0.25) is 0 Å². The van der Waals surface area contributed by atoms with Gasteiger partial charge in [0.05, 0.1) is 5.75 Å². The van der Waals surface area contributed by atoms with Gasteiger partial charge in [-0.1, -0.05) is 0 Å². The van der Waals surface area contributed by atoms with Gasteiger partial charge >= 0.3 is 10.2 Å². The molecule has 0 aliphatic heterocycles. The number of hydrogen-bond acceptors (Lipinski definition) is 2. The molecule has 14 heavy (non-hydrogen) atoms. The second kappa shape index (κ2) is 4.33. The molecule has 82 valence electrons. The third-order valence-corrected chi connectivity index (χ3v) is 3.28. The van der Waals surface area contributed by atoms with Crippen molar-refractivity contribution >= 4 is 10.2 Å². The molecule has 6 heteroatoms. The number of hydrogen-bond donors (Lipinski definition) is 0. The standard InChI is InChI=1S/C8H11F3O2S/c9-8(10)7-3-1-6(2-4-7)5-14(11,12)13/h6H,1-5H2. The van der Waals surface area contributed by atoms with Crippen molar-refractivity contribution in [3.8, 4) is 0 Å². The predicted molar refractivity (Wildman–Crippen MR) is 46.1 cm³/mol. The first-order chi connectivity index (χ1) is 6.38. The molecule has 0 aromatic carbocycles. The van der Waals surface area contributed by atoms with Gasteiger partial charge in [0.25, 0.3) is 6.08 Å². The van der Waals surface area contributed by atoms with Crippen LogP contribution in [0.5, 0.6) is 0 Å². The Bertz CT molecular complexity index is 320. The van der Waals surface area contributed by atoms with Gasteiger partial charge < -0.3 is 0 Å². The fourth-order valence-corrected chi connectivity index (χ4v) is 2.56. The van der Waals surface area contributed by atoms with Gasteiger partial charge in [-0.05, 0) is 37.2 Å². The van der Waals surface area contributed by atoms with Crippen molar-refractivity contribution in [3.05, 3.63) is 11.7 Å². The van der Waals surface area contributed by atoms with E-state index >= 15 is 0 Å². The summed E-state index contributed by atoms with van der Waals surface area (Å²) in [6.07, 6.45) is -0.650. The molecule has 1 fully saturated rings. The highest BCUT2D eigenvalue weighted by molar-refractivity contribution is 7.86. The zero-order valence-electron chi connectivity index (χ0n) is 7.47. The van der Waals surface area contributed by atoms with Gasteiger partial charge in [-0.25, -0.2) is 0 Å². The zero-order valence-corrected chi connectivity index (χ0v) is 8.29. The summed E-state index contributed by atoms with van der Waals surface area (Å²) < 4.78 is 57.0. The highest BCUT2D eigenvalue weighted by Crippen LogP contribution is 2.31. The molecule has 1 aliphatic rings. The summed E-state index contributed by atoms with van der Waals surface area (Å²) in [6.45, 7) is 0. The van der Waals surface area contributed by atoms with E-state index in [1.165, 1.54) is 0 Å². The maximum atomic E-state index is 12.2. The van der Waals surface area contributed by atoms with Crippen molar-refractivity contribution in [3.63, 3.8) is 0 Å². The monoisotopic (exact) mass is 228 g/mol. The maximum absolute atomic E-state index is 12.2. The zero-order chi connectivity index (χ0) is 10.8. The minimum atomic E-state index is -4.47. The van der Waals surface area contributed by atoms with Crippen molar-refractivity contribution in [2.45, 2.75) is 25.7 Å². The summed E-state index contributed by atoms with van der Waals surface area (Å²) in [5.74, 6) is -0.845. The first-order valence-electron chi connectivity index (χ1n) is 4.34. The molecule has 1 rings (SSSR count). The molecule has 0 atom stereocenters. The molecule has 0 unspecified atom stereocenters. The maximum Gasteiger partial charge on any atom is 0.302 e. The first kappa shape index (κ1) is 11.6. The van der Waals surface area contributed by atoms with Crippen molar-refractivity contribution in [1.82, 2.24) is 0 Å². The van der Waals surface area contributed by atoms with E-state index in [1.54, 1.807) is 0 Å². The molecule has 0 bridgehead atoms. The normalized spacial score (nSPS) is 23.6. The number of halogens is 3. The van der Waals surface area contributed by atoms with E-state index in [2.05, 4.69) is 0 Å². The van der Waals surface area contributed by atoms with Crippen molar-refractivity contribution in [2.24, 2.45) is 5.92 Å². The molecular weight excluding hydrogens is 217 g/mol. The molecule has 0 N–H and O–H groups in total. The van der Waals surface area contributed by atoms with Crippen molar-refractivity contribution in [1.29, 1.82) is 0 Å². The Morgan fingerprint density at radius 3 is 2.14 bits per heavy atom. The Hall–Kier alpha value is -0.520. The Labute approximate surface area is 81.0 Å². The van der Waals surface area contributed by atoms with Gasteiger partial charge in [-0.2, -0.15) is 17.2 Å². The van der Waals surface area contributed by atoms with Gasteiger partial charge in [-0.15, -0.1) is 3.89 Å². The van der Waals surface area contributed by atoms with Gasteiger partial charge in [0.1, 0.15) is 0 Å². The molecule has 0 spiro atoms. The molecule has 0 heterocycles. The van der Waals surface area contributed by atoms with E-state index in [9.17, 15) is 21.1 Å². The third kappa shape index (κ3) is 3.69. The van der Waals surface area contributed by atoms with E-state index in [0.29, 0.717) is 12.8 Å². The van der Waals surface area contributed by atoms with Gasteiger partial charge in [0.15, 0.2) is 0 Å². The molecule has 1 aliphatic carbocycles. The van der Waals surface area contributed by atoms with Crippen LogP contribution in [0.4, 0.5) is 12.7 Å². The summed E-state index contributed by atoms with van der Waals surface area (Å²) in [5, 5.41) is 0. The molecular formula is C8H11F3O2S. The third-order valence-electron chi connectivity index (χ3n) is 2.41. The molecule has 0 radical (unpaired) electrons. The Morgan fingerprint density at radius 1 is 1.29 bits per heavy atom. The topological polar surface area (TPSA) is 34.1 Å². The van der Waals surface area contributed by atoms with Gasteiger partial charge in [0, 0.05) is 0 Å². The van der Waals surface area contributed by atoms with Crippen LogP contribution in [0, 0.1) is 5.92 Å². The molecule has 0 saturated heterocycles. The average molecular weight is 228 g/mol. The van der Waals surface area contributed by atoms with Crippen LogP contribution in [0.1, 0.15) is 25.7 Å². The first-order valence-corrected chi connectivity index (χ1v) is 5.89. The predicted octanol–water partition coefficient (Wildman–Crippen LogP) is 2.63. The molecule has 1 saturated carbocycles. The summed E-state index contributed by atoms with van der Waals surface area (Å²) in [6, 6.07) is 0. The Balaban J connectivity index is 2.48. The quantitative estimate of drug-likeness (QED) is 0.681. The highest BCUT2D eigenvalue weighted by Gasteiger charge is 2.24. The Morgan fingerprint density at radius 2 is 1.79 bits per heavy atom. The van der Waals surface area contributed by atoms with E-state index in [-0.39, 0.29) is 24.3 Å². The summed E-state index contributed by atoms with van der Waals surface area (Å²) in [5.41, 5.74) is 0.0810. The SMILES string of the molecule is O=S(=O)(F)CC1CCC(=C(F)F)CC1. The van der Waals surface area contributed by atoms with E-state index in [0.717, 1.165) is 0 Å². The summed E-state index contributed by atoms with van der Waals surface area (Å²) >= 11 is 0. The highest BCUT2D eigenvalue weighted by atomic mass is 32.3. The van der Waals surface area contributed by atoms with Crippen LogP contribution < -0.4 is 0 Å². The van der Waals surface area contributed by atoms with Gasteiger partial charge in [0.2, 0.25) is 0 Å². The van der Waals surface area contributed by atoms with Crippen molar-refractivity contribution in [2.75, 3.05) is 5.75 Å². The van der Waals surface area contributed by atoms with Crippen LogP contribution in [0.15, 0.2) is 11.7 Å². The lowest BCUT2D eigenvalue weighted by Gasteiger charge is -2.21. The molecule has 2 nitrogen and oxygen atoms in total. The second-order valence-corrected chi connectivity index (χ2v) is 4.92. The number of rotatable bonds is 2. The summed E-state index contributed by atoms with van der Waals surface area (Å²) in [7, 11) is -4.47. The fourth-order valence-electron chi connectivity index (χ4n) is 1.66. The molecule has 0 aromatic heterocycles. The van der Waals surface area contributed by atoms with Crippen LogP contribution in [0.25, 0.3) is 0 Å². The smallest absolute Gasteiger partial charge is 0.195 e. The van der Waals surface area contributed by atoms with Crippen LogP contribution in [0.2, 0.25) is 0 Å². The fraction of sp³-hybridized carbons (Fsp3) is 0.750. The van der Waals surface area contributed by atoms with Crippen molar-refractivity contribution < 1.29 is 21.1 Å². The second-order valence-electron chi connectivity index (χ2n) is 3.51. The lowest BCUT2D eigenvalue weighted by Crippen LogP contribution is -2.16. The van der Waals surface area contributed by atoms with E-state index in [1.807, 2.05) is 0 Å². The molecule has 0 aromatic rings.